The van der Waals surface area contributed by atoms with Crippen LogP contribution in [0.15, 0.2) is 10.7 Å². The van der Waals surface area contributed by atoms with Crippen LogP contribution in [0.5, 0.6) is 0 Å². The first-order valence-electron chi connectivity index (χ1n) is 4.17. The van der Waals surface area contributed by atoms with Crippen molar-refractivity contribution in [1.82, 2.24) is 9.78 Å². The van der Waals surface area contributed by atoms with Gasteiger partial charge < -0.3 is 9.47 Å². The molecular weight excluding hydrogens is 236 g/mol. The van der Waals surface area contributed by atoms with Gasteiger partial charge in [-0.15, -0.1) is 0 Å². The van der Waals surface area contributed by atoms with Gasteiger partial charge in [0.2, 0.25) is 0 Å². The van der Waals surface area contributed by atoms with Gasteiger partial charge in [0.15, 0.2) is 5.60 Å². The molecule has 0 saturated carbocycles. The molecule has 4 nitrogen and oxygen atoms in total. The Morgan fingerprint density at radius 1 is 1.77 bits per heavy atom. The molecule has 0 aromatic carbocycles. The first kappa shape index (κ1) is 7.96. The number of ether oxygens (including phenoxy) is 2. The molecule has 1 aromatic rings. The van der Waals surface area contributed by atoms with E-state index in [9.17, 15) is 0 Å². The van der Waals surface area contributed by atoms with Crippen molar-refractivity contribution in [3.8, 4) is 0 Å². The van der Waals surface area contributed by atoms with Gasteiger partial charge in [0, 0.05) is 7.05 Å². The summed E-state index contributed by atoms with van der Waals surface area (Å²) >= 11 is 3.47. The van der Waals surface area contributed by atoms with Gasteiger partial charge in [0.25, 0.3) is 0 Å². The summed E-state index contributed by atoms with van der Waals surface area (Å²) in [6.45, 7) is 1.35. The third-order valence-electron chi connectivity index (χ3n) is 2.70. The zero-order valence-corrected chi connectivity index (χ0v) is 8.74. The summed E-state index contributed by atoms with van der Waals surface area (Å²) < 4.78 is 13.8. The van der Waals surface area contributed by atoms with E-state index in [1.807, 2.05) is 11.7 Å². The van der Waals surface area contributed by atoms with Crippen molar-refractivity contribution < 1.29 is 9.47 Å². The van der Waals surface area contributed by atoms with Gasteiger partial charge in [-0.3, -0.25) is 4.68 Å². The Hall–Kier alpha value is -0.390. The minimum atomic E-state index is -0.204. The number of rotatable bonds is 1. The Morgan fingerprint density at radius 3 is 3.08 bits per heavy atom. The largest absolute Gasteiger partial charge is 0.375 e. The Morgan fingerprint density at radius 2 is 2.62 bits per heavy atom. The second-order valence-corrected chi connectivity index (χ2v) is 4.33. The average Bonchev–Trinajstić information content (AvgIpc) is 2.48. The Balaban J connectivity index is 2.09. The molecule has 70 valence electrons. The molecule has 0 N–H and O–H groups in total. The van der Waals surface area contributed by atoms with Gasteiger partial charge in [-0.2, -0.15) is 5.10 Å². The fourth-order valence-corrected chi connectivity index (χ4v) is 2.68. The van der Waals surface area contributed by atoms with Gasteiger partial charge in [-0.05, 0) is 15.9 Å². The van der Waals surface area contributed by atoms with E-state index in [-0.39, 0.29) is 11.7 Å². The molecule has 0 radical (unpaired) electrons. The van der Waals surface area contributed by atoms with Gasteiger partial charge in [-0.25, -0.2) is 0 Å². The molecular formula is C8H9BrN2O2. The maximum atomic E-state index is 5.63. The first-order chi connectivity index (χ1) is 6.24. The predicted molar refractivity (Wildman–Crippen MR) is 48.3 cm³/mol. The van der Waals surface area contributed by atoms with Crippen LogP contribution >= 0.6 is 15.9 Å². The fraction of sp³-hybridized carbons (Fsp3) is 0.625. The third-order valence-corrected chi connectivity index (χ3v) is 3.28. The molecule has 3 rings (SSSR count). The van der Waals surface area contributed by atoms with Crippen LogP contribution in [0.4, 0.5) is 0 Å². The van der Waals surface area contributed by atoms with E-state index in [0.717, 1.165) is 10.2 Å². The fourth-order valence-electron chi connectivity index (χ4n) is 2.00. The molecule has 1 aromatic heterocycles. The van der Waals surface area contributed by atoms with Gasteiger partial charge in [0.05, 0.1) is 29.6 Å². The van der Waals surface area contributed by atoms with Crippen LogP contribution in [-0.4, -0.2) is 29.1 Å². The maximum absolute atomic E-state index is 5.63. The first-order valence-corrected chi connectivity index (χ1v) is 4.97. The van der Waals surface area contributed by atoms with Crippen molar-refractivity contribution in [1.29, 1.82) is 0 Å². The SMILES string of the molecule is Cn1ncc(Br)c1[C@@]12COC[C@H]1O2. The second-order valence-electron chi connectivity index (χ2n) is 3.48. The van der Waals surface area contributed by atoms with Gasteiger partial charge >= 0.3 is 0 Å². The highest BCUT2D eigenvalue weighted by Crippen LogP contribution is 2.52. The molecule has 2 fully saturated rings. The van der Waals surface area contributed by atoms with E-state index < -0.39 is 0 Å². The summed E-state index contributed by atoms with van der Waals surface area (Å²) in [5.41, 5.74) is 0.888. The van der Waals surface area contributed by atoms with Crippen molar-refractivity contribution in [2.24, 2.45) is 7.05 Å². The van der Waals surface area contributed by atoms with Gasteiger partial charge in [-0.1, -0.05) is 0 Å². The summed E-state index contributed by atoms with van der Waals surface area (Å²) in [6, 6.07) is 0. The highest BCUT2D eigenvalue weighted by molar-refractivity contribution is 9.10. The molecule has 3 heterocycles. The van der Waals surface area contributed by atoms with E-state index in [0.29, 0.717) is 13.2 Å². The van der Waals surface area contributed by atoms with Crippen molar-refractivity contribution in [3.63, 3.8) is 0 Å². The zero-order valence-electron chi connectivity index (χ0n) is 7.16. The van der Waals surface area contributed by atoms with Crippen LogP contribution in [0.1, 0.15) is 5.69 Å². The highest BCUT2D eigenvalue weighted by atomic mass is 79.9. The molecule has 2 saturated heterocycles. The van der Waals surface area contributed by atoms with Crippen molar-refractivity contribution in [3.05, 3.63) is 16.4 Å². The van der Waals surface area contributed by atoms with E-state index >= 15 is 0 Å². The van der Waals surface area contributed by atoms with Crippen LogP contribution in [0.25, 0.3) is 0 Å². The molecule has 0 bridgehead atoms. The van der Waals surface area contributed by atoms with E-state index in [1.165, 1.54) is 0 Å². The normalized spacial score (nSPS) is 36.3. The Kier molecular flexibility index (Phi) is 1.44. The standard InChI is InChI=1S/C8H9BrN2O2/c1-11-7(5(9)2-10-11)8-4-12-3-6(8)13-8/h2,6H,3-4H2,1H3/t6-,8-/m1/s1. The summed E-state index contributed by atoms with van der Waals surface area (Å²) in [6.07, 6.45) is 2.03. The topological polar surface area (TPSA) is 39.6 Å². The molecule has 5 heteroatoms. The van der Waals surface area contributed by atoms with Crippen LogP contribution in [0, 0.1) is 0 Å². The van der Waals surface area contributed by atoms with Crippen LogP contribution in [-0.2, 0) is 22.1 Å². The van der Waals surface area contributed by atoms with Crippen LogP contribution in [0.3, 0.4) is 0 Å². The molecule has 0 unspecified atom stereocenters. The zero-order chi connectivity index (χ0) is 9.05. The monoisotopic (exact) mass is 244 g/mol. The second kappa shape index (κ2) is 2.34. The molecule has 0 aliphatic carbocycles. The van der Waals surface area contributed by atoms with Gasteiger partial charge in [0.1, 0.15) is 6.10 Å². The molecule has 2 aliphatic rings. The van der Waals surface area contributed by atoms with Crippen LogP contribution < -0.4 is 0 Å². The predicted octanol–water partition coefficient (Wildman–Crippen LogP) is 0.807. The van der Waals surface area contributed by atoms with Crippen molar-refractivity contribution in [2.45, 2.75) is 11.7 Å². The lowest BCUT2D eigenvalue weighted by Gasteiger charge is -2.08. The summed E-state index contributed by atoms with van der Waals surface area (Å²) in [5, 5.41) is 4.17. The minimum absolute atomic E-state index is 0.204. The number of epoxide rings is 1. The van der Waals surface area contributed by atoms with Crippen molar-refractivity contribution >= 4 is 15.9 Å². The Labute approximate surface area is 83.9 Å². The number of aromatic nitrogens is 2. The van der Waals surface area contributed by atoms with Crippen molar-refractivity contribution in [2.75, 3.05) is 13.2 Å². The van der Waals surface area contributed by atoms with Crippen LogP contribution in [0.2, 0.25) is 0 Å². The number of aryl methyl sites for hydroxylation is 1. The lowest BCUT2D eigenvalue weighted by atomic mass is 10.1. The lowest BCUT2D eigenvalue weighted by Crippen LogP contribution is -2.18. The quantitative estimate of drug-likeness (QED) is 0.687. The molecule has 0 amide bonds. The highest BCUT2D eigenvalue weighted by Gasteiger charge is 2.64. The number of nitrogens with zero attached hydrogens (tertiary/aromatic N) is 2. The number of hydrogen-bond donors (Lipinski definition) is 0. The molecule has 0 spiro atoms. The van der Waals surface area contributed by atoms with E-state index in [2.05, 4.69) is 21.0 Å². The number of hydrogen-bond acceptors (Lipinski definition) is 3. The summed E-state index contributed by atoms with van der Waals surface area (Å²) in [7, 11) is 1.92. The number of fused-ring (bicyclic) bond motifs is 1. The molecule has 2 atom stereocenters. The maximum Gasteiger partial charge on any atom is 0.163 e. The van der Waals surface area contributed by atoms with E-state index in [1.54, 1.807) is 6.20 Å². The smallest absolute Gasteiger partial charge is 0.163 e. The lowest BCUT2D eigenvalue weighted by molar-refractivity contribution is 0.0662. The Bertz CT molecular complexity index is 346. The molecule has 13 heavy (non-hydrogen) atoms. The summed E-state index contributed by atoms with van der Waals surface area (Å²) in [5.74, 6) is 0. The minimum Gasteiger partial charge on any atom is -0.375 e. The third kappa shape index (κ3) is 0.895. The van der Waals surface area contributed by atoms with E-state index in [4.69, 9.17) is 9.47 Å². The number of halogens is 1. The average molecular weight is 245 g/mol. The summed E-state index contributed by atoms with van der Waals surface area (Å²) in [4.78, 5) is 0. The molecule has 2 aliphatic heterocycles.